The number of anilines is 2. The van der Waals surface area contributed by atoms with Crippen LogP contribution in [0.1, 0.15) is 16.8 Å². The van der Waals surface area contributed by atoms with Crippen LogP contribution in [0.4, 0.5) is 11.6 Å². The van der Waals surface area contributed by atoms with Crippen molar-refractivity contribution in [3.63, 3.8) is 0 Å². The van der Waals surface area contributed by atoms with Crippen molar-refractivity contribution in [3.8, 4) is 22.7 Å². The smallest absolute Gasteiger partial charge is 0.278 e. The molecular weight excluding hydrogens is 416 g/mol. The third-order valence-corrected chi connectivity index (χ3v) is 5.59. The maximum Gasteiger partial charge on any atom is 0.278 e. The van der Waals surface area contributed by atoms with Gasteiger partial charge in [0.15, 0.2) is 0 Å². The fourth-order valence-corrected chi connectivity index (χ4v) is 3.75. The zero-order valence-electron chi connectivity index (χ0n) is 18.7. The van der Waals surface area contributed by atoms with E-state index >= 15 is 0 Å². The van der Waals surface area contributed by atoms with E-state index in [2.05, 4.69) is 25.4 Å². The van der Waals surface area contributed by atoms with E-state index in [1.807, 2.05) is 63.2 Å². The Labute approximate surface area is 190 Å². The predicted octanol–water partition coefficient (Wildman–Crippen LogP) is 4.71. The van der Waals surface area contributed by atoms with Gasteiger partial charge >= 0.3 is 0 Å². The van der Waals surface area contributed by atoms with E-state index in [-0.39, 0.29) is 5.56 Å². The molecule has 0 fully saturated rings. The fraction of sp³-hybridized carbons (Fsp3) is 0.160. The van der Waals surface area contributed by atoms with Gasteiger partial charge in [0, 0.05) is 41.8 Å². The number of rotatable bonds is 4. The number of aryl methyl sites for hydroxylation is 4. The van der Waals surface area contributed by atoms with Crippen LogP contribution in [-0.4, -0.2) is 24.7 Å². The molecule has 8 heteroatoms. The molecule has 4 heterocycles. The summed E-state index contributed by atoms with van der Waals surface area (Å²) in [4.78, 5) is 26.3. The van der Waals surface area contributed by atoms with Crippen molar-refractivity contribution in [2.24, 2.45) is 7.05 Å². The summed E-state index contributed by atoms with van der Waals surface area (Å²) in [7, 11) is 1.78. The number of fused-ring (bicyclic) bond motifs is 1. The molecular formula is C25H22N6O2. The summed E-state index contributed by atoms with van der Waals surface area (Å²) in [5.74, 6) is 0.643. The maximum atomic E-state index is 13.2. The van der Waals surface area contributed by atoms with Crippen molar-refractivity contribution < 1.29 is 4.52 Å². The second-order valence-corrected chi connectivity index (χ2v) is 8.11. The summed E-state index contributed by atoms with van der Waals surface area (Å²) in [6.07, 6.45) is 3.55. The van der Waals surface area contributed by atoms with Crippen LogP contribution >= 0.6 is 0 Å². The van der Waals surface area contributed by atoms with E-state index in [0.717, 1.165) is 39.0 Å². The Bertz CT molecular complexity index is 1550. The first-order valence-corrected chi connectivity index (χ1v) is 10.5. The minimum absolute atomic E-state index is 0.0688. The Morgan fingerprint density at radius 2 is 1.79 bits per heavy atom. The van der Waals surface area contributed by atoms with Crippen LogP contribution in [-0.2, 0) is 7.05 Å². The normalized spacial score (nSPS) is 11.2. The van der Waals surface area contributed by atoms with E-state index in [1.54, 1.807) is 24.0 Å². The molecule has 0 saturated carbocycles. The minimum Gasteiger partial charge on any atom is -0.330 e. The average molecular weight is 438 g/mol. The van der Waals surface area contributed by atoms with Crippen LogP contribution < -0.4 is 10.9 Å². The highest BCUT2D eigenvalue weighted by Gasteiger charge is 2.14. The standard InChI is InChI=1S/C25H22N6O2/c1-14-5-8-21(27-12-14)23-29-25(30-33-23)28-18-7-6-15(2)19(11-18)20-10-17-13-26-16(3)9-22(17)31(4)24(20)32/h5-13H,1-4H3,(H,28,30). The van der Waals surface area contributed by atoms with Crippen LogP contribution in [0.3, 0.4) is 0 Å². The van der Waals surface area contributed by atoms with Crippen LogP contribution in [0, 0.1) is 20.8 Å². The highest BCUT2D eigenvalue weighted by Crippen LogP contribution is 2.28. The van der Waals surface area contributed by atoms with Gasteiger partial charge in [-0.05, 0) is 73.0 Å². The van der Waals surface area contributed by atoms with Gasteiger partial charge in [-0.25, -0.2) is 0 Å². The third kappa shape index (κ3) is 3.87. The van der Waals surface area contributed by atoms with Crippen LogP contribution in [0.2, 0.25) is 0 Å². The van der Waals surface area contributed by atoms with E-state index in [4.69, 9.17) is 4.52 Å². The molecule has 164 valence electrons. The molecule has 33 heavy (non-hydrogen) atoms. The Hall–Kier alpha value is -4.33. The summed E-state index contributed by atoms with van der Waals surface area (Å²) in [6, 6.07) is 13.4. The average Bonchev–Trinajstić information content (AvgIpc) is 3.27. The zero-order valence-corrected chi connectivity index (χ0v) is 18.7. The summed E-state index contributed by atoms with van der Waals surface area (Å²) < 4.78 is 7.01. The van der Waals surface area contributed by atoms with E-state index in [9.17, 15) is 4.79 Å². The molecule has 0 atom stereocenters. The number of hydrogen-bond donors (Lipinski definition) is 1. The summed E-state index contributed by atoms with van der Waals surface area (Å²) >= 11 is 0. The number of nitrogens with zero attached hydrogens (tertiary/aromatic N) is 5. The molecule has 0 unspecified atom stereocenters. The quantitative estimate of drug-likeness (QED) is 0.434. The number of nitrogens with one attached hydrogen (secondary N) is 1. The topological polar surface area (TPSA) is 98.7 Å². The van der Waals surface area contributed by atoms with E-state index in [0.29, 0.717) is 23.1 Å². The third-order valence-electron chi connectivity index (χ3n) is 5.59. The molecule has 0 aliphatic heterocycles. The van der Waals surface area contributed by atoms with E-state index in [1.165, 1.54) is 0 Å². The van der Waals surface area contributed by atoms with Crippen molar-refractivity contribution in [2.45, 2.75) is 20.8 Å². The molecule has 4 aromatic heterocycles. The van der Waals surface area contributed by atoms with Crippen molar-refractivity contribution >= 4 is 22.5 Å². The molecule has 0 saturated heterocycles. The molecule has 0 amide bonds. The SMILES string of the molecule is Cc1ccc(-c2nc(Nc3ccc(C)c(-c4cc5cnc(C)cc5n(C)c4=O)c3)no2)nc1. The summed E-state index contributed by atoms with van der Waals surface area (Å²) in [5, 5.41) is 8.07. The van der Waals surface area contributed by atoms with Crippen LogP contribution in [0.5, 0.6) is 0 Å². The lowest BCUT2D eigenvalue weighted by atomic mass is 9.99. The highest BCUT2D eigenvalue weighted by atomic mass is 16.5. The second-order valence-electron chi connectivity index (χ2n) is 8.11. The van der Waals surface area contributed by atoms with Gasteiger partial charge in [-0.1, -0.05) is 12.1 Å². The molecule has 0 bridgehead atoms. The molecule has 8 nitrogen and oxygen atoms in total. The maximum absolute atomic E-state index is 13.2. The van der Waals surface area contributed by atoms with Gasteiger partial charge in [-0.3, -0.25) is 14.8 Å². The molecule has 1 aromatic carbocycles. The molecule has 0 aliphatic carbocycles. The van der Waals surface area contributed by atoms with Gasteiger partial charge < -0.3 is 14.4 Å². The lowest BCUT2D eigenvalue weighted by Gasteiger charge is -2.12. The first kappa shape index (κ1) is 20.6. The number of benzene rings is 1. The molecule has 5 aromatic rings. The Morgan fingerprint density at radius 3 is 2.58 bits per heavy atom. The lowest BCUT2D eigenvalue weighted by molar-refractivity contribution is 0.431. The van der Waals surface area contributed by atoms with Gasteiger partial charge in [0.05, 0.1) is 5.52 Å². The van der Waals surface area contributed by atoms with Gasteiger partial charge in [0.25, 0.3) is 17.4 Å². The van der Waals surface area contributed by atoms with Crippen LogP contribution in [0.15, 0.2) is 64.2 Å². The van der Waals surface area contributed by atoms with E-state index < -0.39 is 0 Å². The highest BCUT2D eigenvalue weighted by molar-refractivity contribution is 5.85. The molecule has 0 aliphatic rings. The Balaban J connectivity index is 1.51. The van der Waals surface area contributed by atoms with Crippen molar-refractivity contribution in [1.82, 2.24) is 24.7 Å². The first-order valence-electron chi connectivity index (χ1n) is 10.5. The van der Waals surface area contributed by atoms with Crippen molar-refractivity contribution in [1.29, 1.82) is 0 Å². The monoisotopic (exact) mass is 438 g/mol. The lowest BCUT2D eigenvalue weighted by Crippen LogP contribution is -2.19. The Kier molecular flexibility index (Phi) is 4.97. The predicted molar refractivity (Wildman–Crippen MR) is 127 cm³/mol. The largest absolute Gasteiger partial charge is 0.330 e. The fourth-order valence-electron chi connectivity index (χ4n) is 3.75. The van der Waals surface area contributed by atoms with Crippen molar-refractivity contribution in [3.05, 3.63) is 82.0 Å². The first-order chi connectivity index (χ1) is 15.9. The zero-order chi connectivity index (χ0) is 23.1. The number of aromatic nitrogens is 5. The molecule has 1 N–H and O–H groups in total. The van der Waals surface area contributed by atoms with Crippen molar-refractivity contribution in [2.75, 3.05) is 5.32 Å². The van der Waals surface area contributed by atoms with Gasteiger partial charge in [-0.15, -0.1) is 0 Å². The minimum atomic E-state index is -0.0688. The molecule has 0 radical (unpaired) electrons. The summed E-state index contributed by atoms with van der Waals surface area (Å²) in [6.45, 7) is 5.86. The molecule has 5 rings (SSSR count). The number of hydrogen-bond acceptors (Lipinski definition) is 7. The Morgan fingerprint density at radius 1 is 0.939 bits per heavy atom. The summed E-state index contributed by atoms with van der Waals surface area (Å²) in [5.41, 5.74) is 6.46. The number of pyridine rings is 3. The molecule has 0 spiro atoms. The van der Waals surface area contributed by atoms with Gasteiger partial charge in [0.2, 0.25) is 0 Å². The van der Waals surface area contributed by atoms with Crippen LogP contribution in [0.25, 0.3) is 33.6 Å². The van der Waals surface area contributed by atoms with Gasteiger partial charge in [0.1, 0.15) is 5.69 Å². The second kappa shape index (κ2) is 7.98. The van der Waals surface area contributed by atoms with Gasteiger partial charge in [-0.2, -0.15) is 4.98 Å².